The van der Waals surface area contributed by atoms with Gasteiger partial charge in [0.1, 0.15) is 16.7 Å². The van der Waals surface area contributed by atoms with Gasteiger partial charge in [0.15, 0.2) is 0 Å². The molecule has 1 aromatic heterocycles. The number of nitrogens with zero attached hydrogens (tertiary/aromatic N) is 2. The van der Waals surface area contributed by atoms with Gasteiger partial charge in [0.05, 0.1) is 4.92 Å². The van der Waals surface area contributed by atoms with E-state index in [2.05, 4.69) is 4.98 Å². The first-order valence-corrected chi connectivity index (χ1v) is 5.59. The number of hydrogen-bond acceptors (Lipinski definition) is 4. The van der Waals surface area contributed by atoms with Crippen LogP contribution in [-0.2, 0) is 0 Å². The van der Waals surface area contributed by atoms with Crippen molar-refractivity contribution in [2.45, 2.75) is 6.92 Å². The third-order valence-electron chi connectivity index (χ3n) is 2.36. The van der Waals surface area contributed by atoms with Gasteiger partial charge in [-0.15, -0.1) is 0 Å². The van der Waals surface area contributed by atoms with Gasteiger partial charge in [-0.3, -0.25) is 10.1 Å². The highest BCUT2D eigenvalue weighted by Gasteiger charge is 2.15. The summed E-state index contributed by atoms with van der Waals surface area (Å²) < 4.78 is 18.8. The van der Waals surface area contributed by atoms with Gasteiger partial charge in [-0.05, 0) is 13.0 Å². The molecule has 0 aliphatic carbocycles. The molecular formula is C12H8ClFN2O3. The summed E-state index contributed by atoms with van der Waals surface area (Å²) in [5.41, 5.74) is 0.111. The molecule has 2 rings (SSSR count). The quantitative estimate of drug-likeness (QED) is 0.487. The summed E-state index contributed by atoms with van der Waals surface area (Å²) in [6.45, 7) is 1.75. The van der Waals surface area contributed by atoms with Gasteiger partial charge < -0.3 is 4.74 Å². The smallest absolute Gasteiger partial charge is 0.305 e. The number of halogens is 2. The van der Waals surface area contributed by atoms with E-state index in [0.717, 1.165) is 12.1 Å². The lowest BCUT2D eigenvalue weighted by Gasteiger charge is -2.08. The van der Waals surface area contributed by atoms with Crippen LogP contribution >= 0.6 is 11.6 Å². The summed E-state index contributed by atoms with van der Waals surface area (Å²) in [4.78, 5) is 13.5. The number of nitro benzene ring substituents is 1. The number of rotatable bonds is 3. The van der Waals surface area contributed by atoms with E-state index in [9.17, 15) is 14.5 Å². The number of aromatic nitrogens is 1. The molecule has 0 N–H and O–H groups in total. The summed E-state index contributed by atoms with van der Waals surface area (Å²) in [6.07, 6.45) is 1.51. The molecule has 0 aliphatic heterocycles. The second-order valence-corrected chi connectivity index (χ2v) is 4.13. The molecular weight excluding hydrogens is 275 g/mol. The van der Waals surface area contributed by atoms with Crippen molar-refractivity contribution in [3.8, 4) is 11.5 Å². The Bertz CT molecular complexity index is 649. The average Bonchev–Trinajstić information content (AvgIpc) is 2.33. The first-order valence-electron chi connectivity index (χ1n) is 5.21. The standard InChI is InChI=1S/C12H8ClFN2O3/c1-7-6-15-12(13)5-11(7)19-8-2-3-10(16(17)18)9(14)4-8/h2-6H,1H3. The van der Waals surface area contributed by atoms with Gasteiger partial charge in [-0.1, -0.05) is 11.6 Å². The fourth-order valence-corrected chi connectivity index (χ4v) is 1.57. The minimum absolute atomic E-state index is 0.147. The van der Waals surface area contributed by atoms with Crippen molar-refractivity contribution < 1.29 is 14.1 Å². The fourth-order valence-electron chi connectivity index (χ4n) is 1.42. The number of nitro groups is 1. The molecule has 0 amide bonds. The van der Waals surface area contributed by atoms with E-state index in [4.69, 9.17) is 16.3 Å². The zero-order valence-corrected chi connectivity index (χ0v) is 10.5. The van der Waals surface area contributed by atoms with E-state index in [1.165, 1.54) is 18.3 Å². The third-order valence-corrected chi connectivity index (χ3v) is 2.57. The minimum Gasteiger partial charge on any atom is -0.457 e. The van der Waals surface area contributed by atoms with Crippen LogP contribution in [0.4, 0.5) is 10.1 Å². The number of pyridine rings is 1. The van der Waals surface area contributed by atoms with Gasteiger partial charge in [0.25, 0.3) is 0 Å². The van der Waals surface area contributed by atoms with Gasteiger partial charge in [-0.2, -0.15) is 4.39 Å². The molecule has 7 heteroatoms. The highest BCUT2D eigenvalue weighted by Crippen LogP contribution is 2.29. The molecule has 0 spiro atoms. The van der Waals surface area contributed by atoms with Crippen LogP contribution in [0.15, 0.2) is 30.5 Å². The second-order valence-electron chi connectivity index (χ2n) is 3.74. The van der Waals surface area contributed by atoms with Crippen molar-refractivity contribution in [3.05, 3.63) is 57.1 Å². The lowest BCUT2D eigenvalue weighted by molar-refractivity contribution is -0.387. The Morgan fingerprint density at radius 1 is 1.42 bits per heavy atom. The lowest BCUT2D eigenvalue weighted by Crippen LogP contribution is -1.94. The molecule has 1 heterocycles. The van der Waals surface area contributed by atoms with Crippen molar-refractivity contribution in [3.63, 3.8) is 0 Å². The van der Waals surface area contributed by atoms with Crippen molar-refractivity contribution in [1.82, 2.24) is 4.98 Å². The minimum atomic E-state index is -0.958. The maximum Gasteiger partial charge on any atom is 0.305 e. The lowest BCUT2D eigenvalue weighted by atomic mass is 10.2. The number of benzene rings is 1. The zero-order chi connectivity index (χ0) is 14.0. The van der Waals surface area contributed by atoms with E-state index in [1.54, 1.807) is 6.92 Å². The van der Waals surface area contributed by atoms with Gasteiger partial charge in [-0.25, -0.2) is 4.98 Å². The first kappa shape index (κ1) is 13.2. The van der Waals surface area contributed by atoms with E-state index in [1.807, 2.05) is 0 Å². The Balaban J connectivity index is 2.31. The fraction of sp³-hybridized carbons (Fsp3) is 0.0833. The molecule has 1 aromatic carbocycles. The molecule has 0 radical (unpaired) electrons. The van der Waals surface area contributed by atoms with Crippen LogP contribution in [0.1, 0.15) is 5.56 Å². The predicted octanol–water partition coefficient (Wildman–Crippen LogP) is 3.88. The molecule has 0 saturated carbocycles. The van der Waals surface area contributed by atoms with Crippen LogP contribution in [0.5, 0.6) is 11.5 Å². The van der Waals surface area contributed by atoms with Crippen LogP contribution < -0.4 is 4.74 Å². The molecule has 2 aromatic rings. The SMILES string of the molecule is Cc1cnc(Cl)cc1Oc1ccc([N+](=O)[O-])c(F)c1. The van der Waals surface area contributed by atoms with E-state index in [0.29, 0.717) is 11.3 Å². The van der Waals surface area contributed by atoms with Gasteiger partial charge in [0, 0.05) is 30.0 Å². The average molecular weight is 283 g/mol. The Kier molecular flexibility index (Phi) is 3.62. The maximum absolute atomic E-state index is 13.4. The van der Waals surface area contributed by atoms with Gasteiger partial charge >= 0.3 is 5.69 Å². The van der Waals surface area contributed by atoms with Crippen molar-refractivity contribution in [2.24, 2.45) is 0 Å². The van der Waals surface area contributed by atoms with Crippen LogP contribution in [0.2, 0.25) is 5.15 Å². The number of hydrogen-bond donors (Lipinski definition) is 0. The maximum atomic E-state index is 13.4. The van der Waals surface area contributed by atoms with Gasteiger partial charge in [0.2, 0.25) is 5.82 Å². The van der Waals surface area contributed by atoms with Crippen molar-refractivity contribution >= 4 is 17.3 Å². The summed E-state index contributed by atoms with van der Waals surface area (Å²) in [5.74, 6) is -0.401. The first-order chi connectivity index (χ1) is 8.97. The summed E-state index contributed by atoms with van der Waals surface area (Å²) in [6, 6.07) is 4.79. The van der Waals surface area contributed by atoms with Crippen LogP contribution in [0.25, 0.3) is 0 Å². The van der Waals surface area contributed by atoms with E-state index < -0.39 is 16.4 Å². The monoisotopic (exact) mass is 282 g/mol. The van der Waals surface area contributed by atoms with E-state index >= 15 is 0 Å². The molecule has 19 heavy (non-hydrogen) atoms. The molecule has 0 saturated heterocycles. The molecule has 0 fully saturated rings. The number of aryl methyl sites for hydroxylation is 1. The Hall–Kier alpha value is -2.21. The predicted molar refractivity (Wildman–Crippen MR) is 67.1 cm³/mol. The summed E-state index contributed by atoms with van der Waals surface area (Å²) in [5, 5.41) is 10.7. The summed E-state index contributed by atoms with van der Waals surface area (Å²) in [7, 11) is 0. The third kappa shape index (κ3) is 2.97. The Morgan fingerprint density at radius 3 is 2.79 bits per heavy atom. The Morgan fingerprint density at radius 2 is 2.16 bits per heavy atom. The highest BCUT2D eigenvalue weighted by atomic mass is 35.5. The second kappa shape index (κ2) is 5.19. The number of ether oxygens (including phenoxy) is 1. The molecule has 0 unspecified atom stereocenters. The highest BCUT2D eigenvalue weighted by molar-refractivity contribution is 6.29. The molecule has 0 atom stereocenters. The molecule has 0 aliphatic rings. The van der Waals surface area contributed by atoms with Crippen molar-refractivity contribution in [2.75, 3.05) is 0 Å². The summed E-state index contributed by atoms with van der Waals surface area (Å²) >= 11 is 5.73. The normalized spacial score (nSPS) is 10.3. The Labute approximate surface area is 112 Å². The van der Waals surface area contributed by atoms with Crippen molar-refractivity contribution in [1.29, 1.82) is 0 Å². The molecule has 5 nitrogen and oxygen atoms in total. The topological polar surface area (TPSA) is 65.3 Å². The van der Waals surface area contributed by atoms with E-state index in [-0.39, 0.29) is 10.9 Å². The largest absolute Gasteiger partial charge is 0.457 e. The van der Waals surface area contributed by atoms with Crippen LogP contribution in [0, 0.1) is 22.9 Å². The molecule has 0 bridgehead atoms. The molecule has 98 valence electrons. The van der Waals surface area contributed by atoms with Crippen LogP contribution in [-0.4, -0.2) is 9.91 Å². The zero-order valence-electron chi connectivity index (χ0n) is 9.76. The van der Waals surface area contributed by atoms with Crippen LogP contribution in [0.3, 0.4) is 0 Å².